The number of hydrogen-bond acceptors (Lipinski definition) is 4. The maximum atomic E-state index is 12.6. The van der Waals surface area contributed by atoms with Crippen molar-refractivity contribution < 1.29 is 9.53 Å². The van der Waals surface area contributed by atoms with Gasteiger partial charge in [0, 0.05) is 28.5 Å². The molecule has 122 valence electrons. The molecule has 0 saturated carbocycles. The lowest BCUT2D eigenvalue weighted by Gasteiger charge is -2.29. The predicted octanol–water partition coefficient (Wildman–Crippen LogP) is 4.74. The fourth-order valence-electron chi connectivity index (χ4n) is 3.43. The van der Waals surface area contributed by atoms with Crippen LogP contribution < -0.4 is 0 Å². The SMILES string of the molecule is CC1(C)CC(=O)C2=C(C1)OC(c1ccc(Cl)cc1Cl)C2(C#N)C#N. The van der Waals surface area contributed by atoms with Gasteiger partial charge in [-0.1, -0.05) is 43.1 Å². The molecule has 1 aliphatic carbocycles. The molecule has 0 bridgehead atoms. The van der Waals surface area contributed by atoms with E-state index in [-0.39, 0.29) is 23.2 Å². The van der Waals surface area contributed by atoms with Crippen LogP contribution in [0, 0.1) is 33.5 Å². The van der Waals surface area contributed by atoms with Gasteiger partial charge in [-0.3, -0.25) is 4.79 Å². The van der Waals surface area contributed by atoms with E-state index < -0.39 is 11.5 Å². The Labute approximate surface area is 150 Å². The Morgan fingerprint density at radius 1 is 1.21 bits per heavy atom. The summed E-state index contributed by atoms with van der Waals surface area (Å²) in [5.41, 5.74) is -1.31. The molecular formula is C18H14Cl2N2O2. The molecule has 2 aliphatic rings. The van der Waals surface area contributed by atoms with E-state index in [1.807, 2.05) is 26.0 Å². The first-order chi connectivity index (χ1) is 11.2. The van der Waals surface area contributed by atoms with Crippen LogP contribution in [0.3, 0.4) is 0 Å². The Bertz CT molecular complexity index is 845. The lowest BCUT2D eigenvalue weighted by Crippen LogP contribution is -2.32. The van der Waals surface area contributed by atoms with Crippen molar-refractivity contribution in [2.24, 2.45) is 10.8 Å². The largest absolute Gasteiger partial charge is 0.486 e. The highest BCUT2D eigenvalue weighted by atomic mass is 35.5. The van der Waals surface area contributed by atoms with Crippen LogP contribution in [0.4, 0.5) is 0 Å². The molecule has 0 fully saturated rings. The van der Waals surface area contributed by atoms with Gasteiger partial charge in [0.05, 0.1) is 17.7 Å². The number of benzene rings is 1. The number of ether oxygens (including phenoxy) is 1. The summed E-state index contributed by atoms with van der Waals surface area (Å²) in [6.07, 6.45) is -0.164. The van der Waals surface area contributed by atoms with Gasteiger partial charge in [-0.2, -0.15) is 10.5 Å². The van der Waals surface area contributed by atoms with Gasteiger partial charge < -0.3 is 4.74 Å². The molecule has 0 radical (unpaired) electrons. The highest BCUT2D eigenvalue weighted by Gasteiger charge is 2.58. The smallest absolute Gasteiger partial charge is 0.215 e. The number of nitrogens with zero attached hydrogens (tertiary/aromatic N) is 2. The van der Waals surface area contributed by atoms with E-state index in [1.165, 1.54) is 6.07 Å². The van der Waals surface area contributed by atoms with Crippen LogP contribution in [-0.4, -0.2) is 5.78 Å². The van der Waals surface area contributed by atoms with Crippen LogP contribution in [0.1, 0.15) is 38.4 Å². The second-order valence-electron chi connectivity index (χ2n) is 6.93. The maximum absolute atomic E-state index is 12.6. The summed E-state index contributed by atoms with van der Waals surface area (Å²) in [6, 6.07) is 8.82. The van der Waals surface area contributed by atoms with E-state index in [9.17, 15) is 15.3 Å². The quantitative estimate of drug-likeness (QED) is 0.724. The molecule has 3 rings (SSSR count). The number of carbonyl (C=O) groups excluding carboxylic acids is 1. The molecule has 6 heteroatoms. The van der Waals surface area contributed by atoms with Crippen molar-refractivity contribution in [2.45, 2.75) is 32.8 Å². The molecule has 0 aromatic heterocycles. The Hall–Kier alpha value is -2.01. The first-order valence-electron chi connectivity index (χ1n) is 7.45. The van der Waals surface area contributed by atoms with Crippen LogP contribution in [0.15, 0.2) is 29.5 Å². The Balaban J connectivity index is 2.17. The molecule has 4 nitrogen and oxygen atoms in total. The summed E-state index contributed by atoms with van der Waals surface area (Å²) in [5, 5.41) is 20.3. The number of ketones is 1. The van der Waals surface area contributed by atoms with Gasteiger partial charge >= 0.3 is 0 Å². The predicted molar refractivity (Wildman–Crippen MR) is 89.0 cm³/mol. The number of halogens is 2. The molecule has 0 N–H and O–H groups in total. The van der Waals surface area contributed by atoms with E-state index in [4.69, 9.17) is 27.9 Å². The minimum atomic E-state index is -1.69. The zero-order valence-electron chi connectivity index (χ0n) is 13.2. The van der Waals surface area contributed by atoms with Crippen LogP contribution >= 0.6 is 23.2 Å². The molecule has 1 unspecified atom stereocenters. The third-order valence-electron chi connectivity index (χ3n) is 4.48. The highest BCUT2D eigenvalue weighted by molar-refractivity contribution is 6.35. The van der Waals surface area contributed by atoms with Crippen molar-refractivity contribution in [2.75, 3.05) is 0 Å². The third-order valence-corrected chi connectivity index (χ3v) is 5.04. The van der Waals surface area contributed by atoms with Gasteiger partial charge in [-0.25, -0.2) is 0 Å². The first kappa shape index (κ1) is 16.8. The van der Waals surface area contributed by atoms with Crippen molar-refractivity contribution in [1.82, 2.24) is 0 Å². The van der Waals surface area contributed by atoms with Crippen molar-refractivity contribution in [3.8, 4) is 12.1 Å². The molecule has 24 heavy (non-hydrogen) atoms. The average Bonchev–Trinajstić information content (AvgIpc) is 2.80. The van der Waals surface area contributed by atoms with Crippen LogP contribution in [0.25, 0.3) is 0 Å². The molecule has 1 aromatic carbocycles. The lowest BCUT2D eigenvalue weighted by molar-refractivity contribution is -0.118. The van der Waals surface area contributed by atoms with Gasteiger partial charge in [-0.15, -0.1) is 0 Å². The number of allylic oxidation sites excluding steroid dienone is 1. The second-order valence-corrected chi connectivity index (χ2v) is 7.78. The summed E-state index contributed by atoms with van der Waals surface area (Å²) in [6.45, 7) is 3.92. The van der Waals surface area contributed by atoms with E-state index in [2.05, 4.69) is 0 Å². The minimum Gasteiger partial charge on any atom is -0.486 e. The number of Topliss-reactive ketones (excluding diaryl/α,β-unsaturated/α-hetero) is 1. The number of carbonyl (C=O) groups is 1. The fraction of sp³-hybridized carbons (Fsp3) is 0.389. The zero-order chi connectivity index (χ0) is 17.7. The summed E-state index contributed by atoms with van der Waals surface area (Å²) in [4.78, 5) is 12.6. The van der Waals surface area contributed by atoms with Crippen LogP contribution in [0.2, 0.25) is 10.0 Å². The monoisotopic (exact) mass is 360 g/mol. The van der Waals surface area contributed by atoms with Crippen molar-refractivity contribution in [3.05, 3.63) is 45.1 Å². The average molecular weight is 361 g/mol. The van der Waals surface area contributed by atoms with Gasteiger partial charge in [0.25, 0.3) is 0 Å². The van der Waals surface area contributed by atoms with E-state index in [1.54, 1.807) is 12.1 Å². The molecule has 0 spiro atoms. The van der Waals surface area contributed by atoms with E-state index in [0.29, 0.717) is 27.8 Å². The number of nitriles is 2. The van der Waals surface area contributed by atoms with Gasteiger partial charge in [0.1, 0.15) is 5.76 Å². The highest BCUT2D eigenvalue weighted by Crippen LogP contribution is 2.57. The van der Waals surface area contributed by atoms with E-state index in [0.717, 1.165) is 0 Å². The summed E-state index contributed by atoms with van der Waals surface area (Å²) >= 11 is 12.2. The van der Waals surface area contributed by atoms with Crippen molar-refractivity contribution in [3.63, 3.8) is 0 Å². The topological polar surface area (TPSA) is 73.9 Å². The molecule has 1 heterocycles. The number of rotatable bonds is 1. The number of hydrogen-bond donors (Lipinski definition) is 0. The Morgan fingerprint density at radius 3 is 2.46 bits per heavy atom. The van der Waals surface area contributed by atoms with E-state index >= 15 is 0 Å². The summed E-state index contributed by atoms with van der Waals surface area (Å²) < 4.78 is 5.96. The molecule has 1 aliphatic heterocycles. The summed E-state index contributed by atoms with van der Waals surface area (Å²) in [5.74, 6) is 0.215. The second kappa shape index (κ2) is 5.52. The standard InChI is InChI=1S/C18H14Cl2N2O2/c1-17(2)6-13(23)15-14(7-17)24-16(18(15,8-21)9-22)11-4-3-10(19)5-12(11)20/h3-5,16H,6-7H2,1-2H3. The van der Waals surface area contributed by atoms with Gasteiger partial charge in [0.2, 0.25) is 5.41 Å². The van der Waals surface area contributed by atoms with Crippen LogP contribution in [-0.2, 0) is 9.53 Å². The Morgan fingerprint density at radius 2 is 1.88 bits per heavy atom. The molecule has 1 aromatic rings. The van der Waals surface area contributed by atoms with Crippen molar-refractivity contribution >= 4 is 29.0 Å². The Kier molecular flexibility index (Phi) is 3.87. The molecule has 0 amide bonds. The maximum Gasteiger partial charge on any atom is 0.215 e. The summed E-state index contributed by atoms with van der Waals surface area (Å²) in [7, 11) is 0. The molecular weight excluding hydrogens is 347 g/mol. The molecule has 0 saturated heterocycles. The lowest BCUT2D eigenvalue weighted by atomic mass is 9.68. The minimum absolute atomic E-state index is 0.183. The van der Waals surface area contributed by atoms with Gasteiger partial charge in [0.15, 0.2) is 11.9 Å². The first-order valence-corrected chi connectivity index (χ1v) is 8.20. The third kappa shape index (κ3) is 2.38. The van der Waals surface area contributed by atoms with Crippen molar-refractivity contribution in [1.29, 1.82) is 10.5 Å². The van der Waals surface area contributed by atoms with Gasteiger partial charge in [-0.05, 0) is 17.5 Å². The molecule has 1 atom stereocenters. The fourth-order valence-corrected chi connectivity index (χ4v) is 3.94. The zero-order valence-corrected chi connectivity index (χ0v) is 14.7. The normalized spacial score (nSPS) is 23.9. The van der Waals surface area contributed by atoms with Crippen LogP contribution in [0.5, 0.6) is 0 Å².